The van der Waals surface area contributed by atoms with E-state index in [1.807, 2.05) is 11.6 Å². The fourth-order valence-electron chi connectivity index (χ4n) is 4.74. The highest BCUT2D eigenvalue weighted by Gasteiger charge is 2.31. The van der Waals surface area contributed by atoms with Gasteiger partial charge in [-0.1, -0.05) is 29.3 Å². The fraction of sp³-hybridized carbons (Fsp3) is 0.357. The second-order valence-corrected chi connectivity index (χ2v) is 15.2. The molecule has 1 saturated heterocycles. The van der Waals surface area contributed by atoms with Gasteiger partial charge in [0.15, 0.2) is 5.65 Å². The molecule has 13 nitrogen and oxygen atoms in total. The van der Waals surface area contributed by atoms with Crippen LogP contribution in [0.1, 0.15) is 39.2 Å². The Bertz CT molecular complexity index is 1920. The number of anilines is 1. The lowest BCUT2D eigenvalue weighted by Gasteiger charge is -2.31. The van der Waals surface area contributed by atoms with Crippen molar-refractivity contribution in [2.24, 2.45) is 0 Å². The van der Waals surface area contributed by atoms with Crippen molar-refractivity contribution in [3.05, 3.63) is 65.6 Å². The average molecular weight is 662 g/mol. The smallest absolute Gasteiger partial charge is 0.422 e. The maximum absolute atomic E-state index is 13.6. The summed E-state index contributed by atoms with van der Waals surface area (Å²) in [7, 11) is -8.06. The molecule has 5 rings (SSSR count). The third kappa shape index (κ3) is 6.80. The Labute approximate surface area is 260 Å². The molecule has 1 aromatic carbocycles. The molecule has 234 valence electrons. The number of carbonyl (C=O) groups excluding carboxylic acids is 1. The van der Waals surface area contributed by atoms with Gasteiger partial charge in [-0.3, -0.25) is 0 Å². The number of halogens is 1. The molecule has 2 N–H and O–H groups in total. The van der Waals surface area contributed by atoms with Crippen LogP contribution in [0.4, 0.5) is 10.7 Å². The van der Waals surface area contributed by atoms with Crippen molar-refractivity contribution in [1.82, 2.24) is 28.0 Å². The molecule has 0 aliphatic carbocycles. The molecule has 0 atom stereocenters. The van der Waals surface area contributed by atoms with Gasteiger partial charge < -0.3 is 10.1 Å². The topological polar surface area (TPSA) is 165 Å². The molecular weight excluding hydrogens is 630 g/mol. The van der Waals surface area contributed by atoms with E-state index < -0.39 is 31.9 Å². The molecule has 3 aromatic heterocycles. The summed E-state index contributed by atoms with van der Waals surface area (Å²) in [5.74, 6) is 0.240. The van der Waals surface area contributed by atoms with Crippen molar-refractivity contribution in [3.63, 3.8) is 0 Å². The lowest BCUT2D eigenvalue weighted by molar-refractivity contribution is 0.0566. The van der Waals surface area contributed by atoms with Crippen LogP contribution in [0.15, 0.2) is 59.9 Å². The fourth-order valence-corrected chi connectivity index (χ4v) is 7.33. The van der Waals surface area contributed by atoms with Crippen LogP contribution < -0.4 is 10.0 Å². The van der Waals surface area contributed by atoms with Gasteiger partial charge in [-0.05, 0) is 64.8 Å². The van der Waals surface area contributed by atoms with Crippen LogP contribution in [0.25, 0.3) is 22.3 Å². The van der Waals surface area contributed by atoms with Crippen molar-refractivity contribution in [2.45, 2.75) is 57.1 Å². The third-order valence-corrected chi connectivity index (χ3v) is 10.3. The van der Waals surface area contributed by atoms with Crippen LogP contribution in [-0.2, 0) is 25.0 Å². The number of hydrogen-bond donors (Lipinski definition) is 2. The van der Waals surface area contributed by atoms with E-state index in [1.54, 1.807) is 57.2 Å². The minimum atomic E-state index is -4.08. The summed E-state index contributed by atoms with van der Waals surface area (Å²) in [6, 6.07) is 9.80. The second kappa shape index (κ2) is 12.0. The van der Waals surface area contributed by atoms with Crippen molar-refractivity contribution in [3.8, 4) is 11.3 Å². The van der Waals surface area contributed by atoms with Gasteiger partial charge >= 0.3 is 16.3 Å². The number of nitrogens with one attached hydrogen (secondary N) is 2. The van der Waals surface area contributed by atoms with E-state index in [0.29, 0.717) is 29.5 Å². The van der Waals surface area contributed by atoms with Gasteiger partial charge in [-0.25, -0.2) is 36.9 Å². The summed E-state index contributed by atoms with van der Waals surface area (Å²) < 4.78 is 61.9. The van der Waals surface area contributed by atoms with Gasteiger partial charge in [-0.2, -0.15) is 12.7 Å². The Morgan fingerprint density at radius 2 is 1.73 bits per heavy atom. The number of hydrogen-bond acceptors (Lipinski definition) is 10. The Kier molecular flexibility index (Phi) is 8.59. The number of aryl methyl sites for hydroxylation is 1. The molecule has 1 aliphatic rings. The Balaban J connectivity index is 1.36. The van der Waals surface area contributed by atoms with Gasteiger partial charge in [0.05, 0.1) is 21.8 Å². The minimum Gasteiger partial charge on any atom is -0.443 e. The Hall–Kier alpha value is -3.79. The third-order valence-electron chi connectivity index (χ3n) is 6.85. The summed E-state index contributed by atoms with van der Waals surface area (Å²) in [6.45, 7) is 7.09. The van der Waals surface area contributed by atoms with Crippen molar-refractivity contribution in [1.29, 1.82) is 0 Å². The molecule has 4 heterocycles. The summed E-state index contributed by atoms with van der Waals surface area (Å²) >= 11 is 6.53. The molecular formula is C28H32ClN7O6S2. The molecule has 0 bridgehead atoms. The van der Waals surface area contributed by atoms with Gasteiger partial charge in [-0.15, -0.1) is 0 Å². The number of rotatable bonds is 7. The molecule has 1 amide bonds. The quantitative estimate of drug-likeness (QED) is 0.291. The van der Waals surface area contributed by atoms with Crippen LogP contribution in [0.3, 0.4) is 0 Å². The van der Waals surface area contributed by atoms with Crippen LogP contribution >= 0.6 is 11.6 Å². The maximum atomic E-state index is 13.6. The first-order valence-corrected chi connectivity index (χ1v) is 17.0. The normalized spacial score (nSPS) is 15.3. The molecule has 0 spiro atoms. The van der Waals surface area contributed by atoms with Gasteiger partial charge in [0.1, 0.15) is 5.60 Å². The number of nitrogens with zero attached hydrogens (tertiary/aromatic N) is 5. The molecule has 0 unspecified atom stereocenters. The first kappa shape index (κ1) is 31.6. The van der Waals surface area contributed by atoms with Gasteiger partial charge in [0.25, 0.3) is 10.0 Å². The number of carbonyl (C=O) groups is 1. The van der Waals surface area contributed by atoms with Crippen LogP contribution in [0.2, 0.25) is 5.02 Å². The van der Waals surface area contributed by atoms with E-state index in [2.05, 4.69) is 20.3 Å². The standard InChI is InChI=1S/C28H32ClN7O6S2/c1-18-7-9-20(10-8-18)43(38,39)36-17-22(21-6-5-13-30-25(21)36)24-23(29)16-31-26(33-24)32-19-11-14-35(15-12-19)44(40,41)34-27(37)42-28(2,3)4/h5-10,13,16-17,19H,11-12,14-15H2,1-4H3,(H,34,37)(H,31,32,33). The zero-order valence-electron chi connectivity index (χ0n) is 24.5. The molecule has 44 heavy (non-hydrogen) atoms. The lowest BCUT2D eigenvalue weighted by atomic mass is 10.1. The van der Waals surface area contributed by atoms with E-state index in [1.165, 1.54) is 22.9 Å². The SMILES string of the molecule is Cc1ccc(S(=O)(=O)n2cc(-c3nc(NC4CCN(S(=O)(=O)NC(=O)OC(C)(C)C)CC4)ncc3Cl)c3cccnc32)cc1. The molecule has 16 heteroatoms. The van der Waals surface area contributed by atoms with E-state index >= 15 is 0 Å². The number of ether oxygens (including phenoxy) is 1. The monoisotopic (exact) mass is 661 g/mol. The number of aromatic nitrogens is 4. The number of benzene rings is 1. The number of piperidine rings is 1. The summed E-state index contributed by atoms with van der Waals surface area (Å²) in [5.41, 5.74) is 1.07. The van der Waals surface area contributed by atoms with E-state index in [4.69, 9.17) is 16.3 Å². The minimum absolute atomic E-state index is 0.114. The average Bonchev–Trinajstić information content (AvgIpc) is 3.34. The molecule has 4 aromatic rings. The lowest BCUT2D eigenvalue weighted by Crippen LogP contribution is -2.49. The van der Waals surface area contributed by atoms with Crippen molar-refractivity contribution >= 4 is 54.9 Å². The first-order valence-electron chi connectivity index (χ1n) is 13.7. The van der Waals surface area contributed by atoms with Gasteiger partial charge in [0, 0.05) is 42.5 Å². The van der Waals surface area contributed by atoms with Crippen LogP contribution in [0, 0.1) is 6.92 Å². The zero-order valence-corrected chi connectivity index (χ0v) is 26.9. The predicted molar refractivity (Wildman–Crippen MR) is 166 cm³/mol. The Morgan fingerprint density at radius 1 is 1.05 bits per heavy atom. The van der Waals surface area contributed by atoms with E-state index in [-0.39, 0.29) is 40.6 Å². The Morgan fingerprint density at radius 3 is 2.39 bits per heavy atom. The highest BCUT2D eigenvalue weighted by atomic mass is 35.5. The van der Waals surface area contributed by atoms with Crippen LogP contribution in [0.5, 0.6) is 0 Å². The number of amides is 1. The molecule has 1 fully saturated rings. The summed E-state index contributed by atoms with van der Waals surface area (Å²) in [5, 5.41) is 3.96. The molecule has 1 aliphatic heterocycles. The van der Waals surface area contributed by atoms with Gasteiger partial charge in [0.2, 0.25) is 5.95 Å². The van der Waals surface area contributed by atoms with Crippen molar-refractivity contribution in [2.75, 3.05) is 18.4 Å². The summed E-state index contributed by atoms with van der Waals surface area (Å²) in [6.07, 6.45) is 4.17. The number of pyridine rings is 1. The molecule has 0 radical (unpaired) electrons. The summed E-state index contributed by atoms with van der Waals surface area (Å²) in [4.78, 5) is 25.4. The highest BCUT2D eigenvalue weighted by molar-refractivity contribution is 7.90. The maximum Gasteiger partial charge on any atom is 0.422 e. The van der Waals surface area contributed by atoms with Crippen molar-refractivity contribution < 1.29 is 26.4 Å². The highest BCUT2D eigenvalue weighted by Crippen LogP contribution is 2.35. The second-order valence-electron chi connectivity index (χ2n) is 11.3. The first-order chi connectivity index (χ1) is 20.6. The zero-order chi connectivity index (χ0) is 31.9. The predicted octanol–water partition coefficient (Wildman–Crippen LogP) is 4.34. The van der Waals surface area contributed by atoms with Crippen LogP contribution in [-0.4, -0.2) is 70.9 Å². The number of fused-ring (bicyclic) bond motifs is 1. The molecule has 0 saturated carbocycles. The largest absolute Gasteiger partial charge is 0.443 e. The van der Waals surface area contributed by atoms with E-state index in [9.17, 15) is 21.6 Å². The van der Waals surface area contributed by atoms with E-state index in [0.717, 1.165) is 9.54 Å².